The van der Waals surface area contributed by atoms with Crippen molar-refractivity contribution in [1.29, 1.82) is 0 Å². The van der Waals surface area contributed by atoms with E-state index in [1.165, 1.54) is 23.1 Å². The molecule has 6 nitrogen and oxygen atoms in total. The molecule has 2 heterocycles. The molecule has 3 aromatic carbocycles. The van der Waals surface area contributed by atoms with E-state index in [1.807, 2.05) is 24.3 Å². The van der Waals surface area contributed by atoms with E-state index >= 15 is 0 Å². The summed E-state index contributed by atoms with van der Waals surface area (Å²) in [6, 6.07) is 18.2. The lowest BCUT2D eigenvalue weighted by atomic mass is 9.91. The van der Waals surface area contributed by atoms with Crippen LogP contribution in [-0.2, 0) is 29.4 Å². The fourth-order valence-electron chi connectivity index (χ4n) is 5.66. The van der Waals surface area contributed by atoms with E-state index in [-0.39, 0.29) is 30.0 Å². The van der Waals surface area contributed by atoms with E-state index in [4.69, 9.17) is 4.98 Å². The van der Waals surface area contributed by atoms with Gasteiger partial charge in [0, 0.05) is 6.54 Å². The first-order valence-electron chi connectivity index (χ1n) is 13.7. The molecule has 1 fully saturated rings. The maximum atomic E-state index is 13.4. The van der Waals surface area contributed by atoms with Gasteiger partial charge >= 0.3 is 6.18 Å². The summed E-state index contributed by atoms with van der Waals surface area (Å²) in [5.41, 5.74) is 1.67. The fourth-order valence-corrected chi connectivity index (χ4v) is 5.66. The maximum Gasteiger partial charge on any atom is 0.416 e. The van der Waals surface area contributed by atoms with Crippen LogP contribution < -0.4 is 5.56 Å². The van der Waals surface area contributed by atoms with Crippen LogP contribution >= 0.6 is 0 Å². The molecular formula is C32H27F4N3O3. The second-order valence-electron chi connectivity index (χ2n) is 10.9. The Kier molecular flexibility index (Phi) is 6.97. The zero-order chi connectivity index (χ0) is 29.6. The number of fused-ring (bicyclic) bond motifs is 1. The highest BCUT2D eigenvalue weighted by Crippen LogP contribution is 2.52. The lowest BCUT2D eigenvalue weighted by Crippen LogP contribution is -2.36. The Labute approximate surface area is 238 Å². The van der Waals surface area contributed by atoms with Crippen molar-refractivity contribution < 1.29 is 27.5 Å². The van der Waals surface area contributed by atoms with Gasteiger partial charge in [-0.2, -0.15) is 13.2 Å². The minimum absolute atomic E-state index is 0.111. The Bertz CT molecular complexity index is 1710. The second-order valence-corrected chi connectivity index (χ2v) is 10.9. The van der Waals surface area contributed by atoms with Crippen LogP contribution in [0.5, 0.6) is 0 Å². The molecule has 6 rings (SSSR count). The summed E-state index contributed by atoms with van der Waals surface area (Å²) in [6.07, 6.45) is -3.94. The molecule has 42 heavy (non-hydrogen) atoms. The predicted molar refractivity (Wildman–Crippen MR) is 147 cm³/mol. The highest BCUT2D eigenvalue weighted by atomic mass is 19.4. The number of aromatic amines is 1. The number of aromatic nitrogens is 2. The lowest BCUT2D eigenvalue weighted by molar-refractivity contribution is -0.142. The smallest absolute Gasteiger partial charge is 0.378 e. The summed E-state index contributed by atoms with van der Waals surface area (Å²) < 4.78 is 52.9. The van der Waals surface area contributed by atoms with Gasteiger partial charge in [-0.05, 0) is 72.2 Å². The Morgan fingerprint density at radius 3 is 2.45 bits per heavy atom. The molecule has 1 saturated carbocycles. The Morgan fingerprint density at radius 2 is 1.74 bits per heavy atom. The number of aliphatic hydroxyl groups excluding tert-OH is 1. The quantitative estimate of drug-likeness (QED) is 0.299. The van der Waals surface area contributed by atoms with Crippen LogP contribution in [0.25, 0.3) is 11.1 Å². The summed E-state index contributed by atoms with van der Waals surface area (Å²) in [7, 11) is 0. The number of aryl methyl sites for hydroxylation is 1. The first kappa shape index (κ1) is 27.8. The van der Waals surface area contributed by atoms with Crippen molar-refractivity contribution in [3.63, 3.8) is 0 Å². The summed E-state index contributed by atoms with van der Waals surface area (Å²) in [5, 5.41) is 10.7. The molecule has 1 amide bonds. The van der Waals surface area contributed by atoms with Gasteiger partial charge in [-0.1, -0.05) is 48.5 Å². The van der Waals surface area contributed by atoms with Gasteiger partial charge in [-0.15, -0.1) is 0 Å². The highest BCUT2D eigenvalue weighted by molar-refractivity contribution is 5.82. The van der Waals surface area contributed by atoms with Crippen molar-refractivity contribution in [3.8, 4) is 11.1 Å². The van der Waals surface area contributed by atoms with Crippen LogP contribution in [0, 0.1) is 5.82 Å². The van der Waals surface area contributed by atoms with Gasteiger partial charge in [0.2, 0.25) is 0 Å². The van der Waals surface area contributed by atoms with Crippen molar-refractivity contribution in [1.82, 2.24) is 14.9 Å². The van der Waals surface area contributed by atoms with Crippen LogP contribution in [0.2, 0.25) is 0 Å². The minimum atomic E-state index is -4.61. The number of hydrogen-bond donors (Lipinski definition) is 2. The van der Waals surface area contributed by atoms with Gasteiger partial charge in [0.25, 0.3) is 11.5 Å². The number of carbonyl (C=O) groups is 1. The SMILES string of the molecule is O=C([C@H](O)c1cccc(C(F)(F)F)c1)N1CCCc2nc(C3(c4cccc(-c5ccc(F)cc5)c4)CC3)[nH]c(=O)c2C1. The first-order valence-corrected chi connectivity index (χ1v) is 13.7. The number of H-pyrrole nitrogens is 1. The van der Waals surface area contributed by atoms with Gasteiger partial charge in [0.15, 0.2) is 6.10 Å². The van der Waals surface area contributed by atoms with Crippen LogP contribution in [0.15, 0.2) is 77.6 Å². The average molecular weight is 578 g/mol. The monoisotopic (exact) mass is 577 g/mol. The molecule has 0 spiro atoms. The normalized spacial score (nSPS) is 16.8. The number of halogens is 4. The molecule has 1 atom stereocenters. The number of aliphatic hydroxyl groups is 1. The number of alkyl halides is 3. The van der Waals surface area contributed by atoms with Gasteiger partial charge < -0.3 is 15.0 Å². The molecule has 1 aromatic heterocycles. The topological polar surface area (TPSA) is 86.3 Å². The van der Waals surface area contributed by atoms with E-state index in [9.17, 15) is 32.3 Å². The standard InChI is InChI=1S/C32H27F4N3O3/c33-24-11-9-19(10-12-24)20-4-1-6-22(16-20)31(13-14-31)30-37-26-8-3-15-39(18-25(26)28(41)38-30)29(42)27(40)21-5-2-7-23(17-21)32(34,35)36/h1-2,4-7,9-12,16-17,27,40H,3,8,13-15,18H2,(H,37,38,41)/t27-/m1/s1. The van der Waals surface area contributed by atoms with Gasteiger partial charge in [-0.25, -0.2) is 9.37 Å². The second kappa shape index (κ2) is 10.5. The number of nitrogens with zero attached hydrogens (tertiary/aromatic N) is 2. The van der Waals surface area contributed by atoms with Gasteiger partial charge in [0.05, 0.1) is 28.8 Å². The molecule has 2 aliphatic rings. The van der Waals surface area contributed by atoms with Crippen LogP contribution in [-0.4, -0.2) is 32.4 Å². The third kappa shape index (κ3) is 5.22. The highest BCUT2D eigenvalue weighted by Gasteiger charge is 2.49. The van der Waals surface area contributed by atoms with E-state index < -0.39 is 29.2 Å². The molecule has 2 N–H and O–H groups in total. The van der Waals surface area contributed by atoms with Crippen LogP contribution in [0.1, 0.15) is 59.1 Å². The van der Waals surface area contributed by atoms with E-state index in [0.29, 0.717) is 29.9 Å². The summed E-state index contributed by atoms with van der Waals surface area (Å²) >= 11 is 0. The van der Waals surface area contributed by atoms with Crippen molar-refractivity contribution in [2.45, 2.75) is 49.9 Å². The Morgan fingerprint density at radius 1 is 1.00 bits per heavy atom. The molecule has 216 valence electrons. The van der Waals surface area contributed by atoms with E-state index in [0.717, 1.165) is 47.7 Å². The minimum Gasteiger partial charge on any atom is -0.378 e. The number of hydrogen-bond acceptors (Lipinski definition) is 4. The van der Waals surface area contributed by atoms with Crippen molar-refractivity contribution in [2.24, 2.45) is 0 Å². The average Bonchev–Trinajstić information content (AvgIpc) is 3.81. The lowest BCUT2D eigenvalue weighted by Gasteiger charge is -2.24. The van der Waals surface area contributed by atoms with E-state index in [1.54, 1.807) is 12.1 Å². The van der Waals surface area contributed by atoms with E-state index in [2.05, 4.69) is 4.98 Å². The number of amides is 1. The molecule has 4 aromatic rings. The molecule has 0 unspecified atom stereocenters. The summed E-state index contributed by atoms with van der Waals surface area (Å²) in [6.45, 7) is 0.102. The van der Waals surface area contributed by atoms with Crippen LogP contribution in [0.3, 0.4) is 0 Å². The number of rotatable bonds is 5. The molecular weight excluding hydrogens is 550 g/mol. The molecule has 0 bridgehead atoms. The summed E-state index contributed by atoms with van der Waals surface area (Å²) in [5.74, 6) is -0.543. The van der Waals surface area contributed by atoms with Gasteiger partial charge in [-0.3, -0.25) is 9.59 Å². The Balaban J connectivity index is 1.26. The molecule has 1 aliphatic carbocycles. The zero-order valence-corrected chi connectivity index (χ0v) is 22.4. The first-order chi connectivity index (χ1) is 20.0. The molecule has 10 heteroatoms. The summed E-state index contributed by atoms with van der Waals surface area (Å²) in [4.78, 5) is 35.6. The van der Waals surface area contributed by atoms with Crippen molar-refractivity contribution >= 4 is 5.91 Å². The third-order valence-electron chi connectivity index (χ3n) is 8.16. The zero-order valence-electron chi connectivity index (χ0n) is 22.4. The molecule has 0 saturated heterocycles. The third-order valence-corrected chi connectivity index (χ3v) is 8.16. The Hall–Kier alpha value is -4.31. The maximum absolute atomic E-state index is 13.4. The number of nitrogens with one attached hydrogen (secondary N) is 1. The fraction of sp³-hybridized carbons (Fsp3) is 0.281. The molecule has 0 radical (unpaired) electrons. The van der Waals surface area contributed by atoms with Crippen LogP contribution in [0.4, 0.5) is 17.6 Å². The number of benzene rings is 3. The van der Waals surface area contributed by atoms with Crippen molar-refractivity contribution in [3.05, 3.63) is 123 Å². The predicted octanol–water partition coefficient (Wildman–Crippen LogP) is 5.68. The van der Waals surface area contributed by atoms with Gasteiger partial charge in [0.1, 0.15) is 11.6 Å². The number of carbonyl (C=O) groups excluding carboxylic acids is 1. The largest absolute Gasteiger partial charge is 0.416 e. The van der Waals surface area contributed by atoms with Crippen molar-refractivity contribution in [2.75, 3.05) is 6.54 Å². The molecule has 1 aliphatic heterocycles.